The van der Waals surface area contributed by atoms with E-state index in [1.54, 1.807) is 54.6 Å². The topological polar surface area (TPSA) is 63.2 Å². The van der Waals surface area contributed by atoms with E-state index in [-0.39, 0.29) is 39.9 Å². The van der Waals surface area contributed by atoms with Crippen molar-refractivity contribution in [2.75, 3.05) is 5.32 Å². The number of carbonyl (C=O) groups excluding carboxylic acids is 3. The first-order chi connectivity index (χ1) is 13.0. The van der Waals surface area contributed by atoms with E-state index < -0.39 is 0 Å². The van der Waals surface area contributed by atoms with Crippen molar-refractivity contribution in [2.45, 2.75) is 0 Å². The number of rotatable bonds is 2. The van der Waals surface area contributed by atoms with Crippen LogP contribution in [0.1, 0.15) is 42.2 Å². The predicted molar refractivity (Wildman–Crippen MR) is 107 cm³/mol. The largest absolute Gasteiger partial charge is 0.321 e. The first-order valence-corrected chi connectivity index (χ1v) is 9.22. The molecule has 132 valence electrons. The van der Waals surface area contributed by atoms with Crippen LogP contribution in [0.15, 0.2) is 65.1 Å². The Morgan fingerprint density at radius 1 is 0.852 bits per heavy atom. The molecule has 1 aliphatic rings. The Balaban J connectivity index is 1.84. The zero-order chi connectivity index (χ0) is 19.1. The van der Waals surface area contributed by atoms with Gasteiger partial charge in [-0.15, -0.1) is 0 Å². The molecule has 0 unspecified atom stereocenters. The number of ketones is 2. The van der Waals surface area contributed by atoms with Gasteiger partial charge in [0.1, 0.15) is 0 Å². The van der Waals surface area contributed by atoms with Crippen molar-refractivity contribution >= 4 is 50.7 Å². The summed E-state index contributed by atoms with van der Waals surface area (Å²) in [6.07, 6.45) is 0. The van der Waals surface area contributed by atoms with Gasteiger partial charge in [0.2, 0.25) is 0 Å². The Bertz CT molecular complexity index is 1130. The molecule has 3 aromatic carbocycles. The molecule has 0 spiro atoms. The van der Waals surface area contributed by atoms with Gasteiger partial charge in [-0.2, -0.15) is 0 Å². The molecule has 27 heavy (non-hydrogen) atoms. The van der Waals surface area contributed by atoms with Crippen LogP contribution < -0.4 is 5.32 Å². The van der Waals surface area contributed by atoms with Crippen molar-refractivity contribution in [2.24, 2.45) is 0 Å². The number of fused-ring (bicyclic) bond motifs is 2. The zero-order valence-electron chi connectivity index (χ0n) is 13.8. The molecule has 3 aromatic rings. The van der Waals surface area contributed by atoms with E-state index in [9.17, 15) is 14.4 Å². The van der Waals surface area contributed by atoms with Gasteiger partial charge in [0, 0.05) is 26.2 Å². The highest BCUT2D eigenvalue weighted by molar-refractivity contribution is 9.10. The van der Waals surface area contributed by atoms with Crippen LogP contribution in [0.3, 0.4) is 0 Å². The minimum Gasteiger partial charge on any atom is -0.321 e. The third kappa shape index (κ3) is 2.99. The number of hydrogen-bond donors (Lipinski definition) is 1. The molecule has 0 saturated heterocycles. The third-order valence-corrected chi connectivity index (χ3v) is 5.26. The standard InChI is InChI=1S/C21H11BrClNO3/c22-15-8-9-16(24-21(27)11-4-2-1-3-5-11)18-17(15)19(25)13-7-6-12(23)10-14(13)20(18)26/h1-10H,(H,24,27). The number of amides is 1. The van der Waals surface area contributed by atoms with Crippen LogP contribution in [0.2, 0.25) is 5.02 Å². The maximum atomic E-state index is 13.1. The smallest absolute Gasteiger partial charge is 0.255 e. The zero-order valence-corrected chi connectivity index (χ0v) is 16.1. The van der Waals surface area contributed by atoms with Gasteiger partial charge in [-0.1, -0.05) is 45.7 Å². The molecule has 0 saturated carbocycles. The fraction of sp³-hybridized carbons (Fsp3) is 0. The highest BCUT2D eigenvalue weighted by Crippen LogP contribution is 2.37. The average Bonchev–Trinajstić information content (AvgIpc) is 2.68. The Morgan fingerprint density at radius 3 is 2.30 bits per heavy atom. The molecule has 0 aliphatic heterocycles. The number of halogens is 2. The lowest BCUT2D eigenvalue weighted by atomic mass is 9.83. The van der Waals surface area contributed by atoms with Gasteiger partial charge < -0.3 is 5.32 Å². The maximum Gasteiger partial charge on any atom is 0.255 e. The van der Waals surface area contributed by atoms with Gasteiger partial charge in [0.05, 0.1) is 16.8 Å². The molecule has 1 aliphatic carbocycles. The van der Waals surface area contributed by atoms with Crippen molar-refractivity contribution < 1.29 is 14.4 Å². The average molecular weight is 441 g/mol. The van der Waals surface area contributed by atoms with Gasteiger partial charge >= 0.3 is 0 Å². The molecule has 0 aromatic heterocycles. The normalized spacial score (nSPS) is 12.4. The maximum absolute atomic E-state index is 13.1. The van der Waals surface area contributed by atoms with Gasteiger partial charge in [-0.3, -0.25) is 14.4 Å². The summed E-state index contributed by atoms with van der Waals surface area (Å²) in [5.74, 6) is -1.01. The summed E-state index contributed by atoms with van der Waals surface area (Å²) in [5.41, 5.74) is 1.66. The minimum absolute atomic E-state index is 0.161. The number of carbonyl (C=O) groups is 3. The van der Waals surface area contributed by atoms with E-state index in [1.165, 1.54) is 6.07 Å². The van der Waals surface area contributed by atoms with Crippen LogP contribution in [0.4, 0.5) is 5.69 Å². The SMILES string of the molecule is O=C(Nc1ccc(Br)c2c1C(=O)c1cc(Cl)ccc1C2=O)c1ccccc1. The Kier molecular flexibility index (Phi) is 4.42. The fourth-order valence-electron chi connectivity index (χ4n) is 3.09. The Morgan fingerprint density at radius 2 is 1.56 bits per heavy atom. The molecule has 4 nitrogen and oxygen atoms in total. The van der Waals surface area contributed by atoms with Gasteiger partial charge in [0.25, 0.3) is 5.91 Å². The van der Waals surface area contributed by atoms with E-state index in [1.807, 2.05) is 0 Å². The van der Waals surface area contributed by atoms with E-state index in [0.29, 0.717) is 20.6 Å². The lowest BCUT2D eigenvalue weighted by molar-refractivity contribution is 0.0978. The third-order valence-electron chi connectivity index (χ3n) is 4.36. The number of hydrogen-bond acceptors (Lipinski definition) is 3. The lowest BCUT2D eigenvalue weighted by Crippen LogP contribution is -2.24. The highest BCUT2D eigenvalue weighted by atomic mass is 79.9. The Hall–Kier alpha value is -2.76. The summed E-state index contributed by atoms with van der Waals surface area (Å²) >= 11 is 9.36. The molecule has 1 amide bonds. The van der Waals surface area contributed by atoms with E-state index in [0.717, 1.165) is 0 Å². The van der Waals surface area contributed by atoms with E-state index in [2.05, 4.69) is 21.2 Å². The summed E-state index contributed by atoms with van der Waals surface area (Å²) in [7, 11) is 0. The molecular formula is C21H11BrClNO3. The molecule has 0 fully saturated rings. The molecular weight excluding hydrogens is 430 g/mol. The number of benzene rings is 3. The minimum atomic E-state index is -0.364. The van der Waals surface area contributed by atoms with Crippen LogP contribution >= 0.6 is 27.5 Å². The fourth-order valence-corrected chi connectivity index (χ4v) is 3.78. The molecule has 0 heterocycles. The van der Waals surface area contributed by atoms with Crippen LogP contribution in [-0.2, 0) is 0 Å². The number of nitrogens with one attached hydrogen (secondary N) is 1. The molecule has 0 atom stereocenters. The molecule has 1 N–H and O–H groups in total. The first kappa shape index (κ1) is 17.6. The predicted octanol–water partition coefficient (Wildman–Crippen LogP) is 5.13. The van der Waals surface area contributed by atoms with Crippen molar-refractivity contribution in [1.82, 2.24) is 0 Å². The van der Waals surface area contributed by atoms with Crippen molar-refractivity contribution in [3.05, 3.63) is 98.0 Å². The Labute approximate surface area is 168 Å². The summed E-state index contributed by atoms with van der Waals surface area (Å²) in [6.45, 7) is 0. The van der Waals surface area contributed by atoms with Crippen LogP contribution in [0.5, 0.6) is 0 Å². The van der Waals surface area contributed by atoms with Crippen LogP contribution in [0.25, 0.3) is 0 Å². The van der Waals surface area contributed by atoms with Crippen LogP contribution in [-0.4, -0.2) is 17.5 Å². The van der Waals surface area contributed by atoms with Crippen molar-refractivity contribution in [3.8, 4) is 0 Å². The van der Waals surface area contributed by atoms with E-state index >= 15 is 0 Å². The summed E-state index contributed by atoms with van der Waals surface area (Å²) in [6, 6.07) is 16.5. The van der Waals surface area contributed by atoms with Crippen LogP contribution in [0, 0.1) is 0 Å². The van der Waals surface area contributed by atoms with Crippen molar-refractivity contribution in [3.63, 3.8) is 0 Å². The van der Waals surface area contributed by atoms with Gasteiger partial charge in [-0.05, 0) is 42.5 Å². The summed E-state index contributed by atoms with van der Waals surface area (Å²) in [4.78, 5) is 38.6. The molecule has 0 radical (unpaired) electrons. The van der Waals surface area contributed by atoms with Gasteiger partial charge in [-0.25, -0.2) is 0 Å². The van der Waals surface area contributed by atoms with E-state index in [4.69, 9.17) is 11.6 Å². The molecule has 6 heteroatoms. The molecule has 4 rings (SSSR count). The van der Waals surface area contributed by atoms with Crippen molar-refractivity contribution in [1.29, 1.82) is 0 Å². The second kappa shape index (κ2) is 6.76. The quantitative estimate of drug-likeness (QED) is 0.470. The summed E-state index contributed by atoms with van der Waals surface area (Å²) in [5, 5.41) is 3.11. The number of anilines is 1. The second-order valence-electron chi connectivity index (χ2n) is 6.01. The highest BCUT2D eigenvalue weighted by Gasteiger charge is 2.34. The molecule has 0 bridgehead atoms. The monoisotopic (exact) mass is 439 g/mol. The lowest BCUT2D eigenvalue weighted by Gasteiger charge is -2.21. The summed E-state index contributed by atoms with van der Waals surface area (Å²) < 4.78 is 0.495. The van der Waals surface area contributed by atoms with Gasteiger partial charge in [0.15, 0.2) is 11.6 Å². The first-order valence-electron chi connectivity index (χ1n) is 8.05. The second-order valence-corrected chi connectivity index (χ2v) is 7.30.